The molecule has 1 radical (unpaired) electrons. The number of aromatic nitrogens is 3. The minimum atomic E-state index is -0.337. The van der Waals surface area contributed by atoms with Crippen LogP contribution in [0.2, 0.25) is 0 Å². The number of carbonyl (C=O) groups is 1. The third kappa shape index (κ3) is 8.53. The van der Waals surface area contributed by atoms with Gasteiger partial charge in [0.05, 0.1) is 16.8 Å². The zero-order valence-corrected chi connectivity index (χ0v) is 38.4. The largest absolute Gasteiger partial charge is 0.512 e. The van der Waals surface area contributed by atoms with E-state index >= 15 is 0 Å². The van der Waals surface area contributed by atoms with Gasteiger partial charge in [-0.25, -0.2) is 9.97 Å². The summed E-state index contributed by atoms with van der Waals surface area (Å²) >= 11 is 0. The molecule has 7 aromatic rings. The van der Waals surface area contributed by atoms with E-state index in [-0.39, 0.29) is 42.5 Å². The number of aryl methyl sites for hydroxylation is 1. The molecule has 4 aromatic carbocycles. The number of furan rings is 1. The molecule has 58 heavy (non-hydrogen) atoms. The van der Waals surface area contributed by atoms with Gasteiger partial charge in [0.15, 0.2) is 5.78 Å². The standard InChI is InChI=1S/C36H30N3O.C15H28O2.Ir/c1-20(2)25-18-24-14-15-28-33(37-22(5)38-34(28)32(24)30(19-25)21(3)4)29-13-9-12-26-27-16-17-31(23-10-7-6-8-11-23)39-36(27)40-35(26)29;1-7-14(5,8-2)12(16)11-13(17)15(6,9-3)10-4;/h6-12,14-21H,1-5H3;11,16H,7-10H2,1-6H3;/q-1;;/b;12-11-;. The third-order valence-corrected chi connectivity index (χ3v) is 12.4. The smallest absolute Gasteiger partial charge is 0.216 e. The van der Waals surface area contributed by atoms with Crippen molar-refractivity contribution in [3.05, 3.63) is 114 Å². The maximum absolute atomic E-state index is 12.2. The summed E-state index contributed by atoms with van der Waals surface area (Å²) in [5.41, 5.74) is 8.01. The van der Waals surface area contributed by atoms with E-state index in [9.17, 15) is 9.90 Å². The number of ketones is 1. The Balaban J connectivity index is 0.000000304. The first-order valence-corrected chi connectivity index (χ1v) is 20.7. The Bertz CT molecular complexity index is 2600. The van der Waals surface area contributed by atoms with Crippen LogP contribution in [0, 0.1) is 23.8 Å². The van der Waals surface area contributed by atoms with Crippen LogP contribution in [0.4, 0.5) is 0 Å². The molecule has 0 saturated carbocycles. The Hall–Kier alpha value is -4.71. The van der Waals surface area contributed by atoms with Crippen molar-refractivity contribution in [3.8, 4) is 22.5 Å². The van der Waals surface area contributed by atoms with Gasteiger partial charge < -0.3 is 9.52 Å². The molecule has 6 nitrogen and oxygen atoms in total. The first-order valence-electron chi connectivity index (χ1n) is 20.7. The topological polar surface area (TPSA) is 89.1 Å². The van der Waals surface area contributed by atoms with Crippen LogP contribution in [0.15, 0.2) is 95.1 Å². The van der Waals surface area contributed by atoms with E-state index in [1.54, 1.807) is 0 Å². The van der Waals surface area contributed by atoms with Crippen molar-refractivity contribution in [2.75, 3.05) is 0 Å². The zero-order valence-electron chi connectivity index (χ0n) is 36.0. The van der Waals surface area contributed by atoms with Crippen LogP contribution < -0.4 is 0 Å². The fourth-order valence-electron chi connectivity index (χ4n) is 7.45. The van der Waals surface area contributed by atoms with E-state index in [0.717, 1.165) is 81.3 Å². The molecule has 1 N–H and O–H groups in total. The molecule has 0 amide bonds. The molecule has 3 heterocycles. The number of rotatable bonds is 11. The van der Waals surface area contributed by atoms with Gasteiger partial charge in [-0.2, -0.15) is 0 Å². The molecular weight excluding hydrogens is 895 g/mol. The normalized spacial score (nSPS) is 12.4. The molecule has 7 rings (SSSR count). The van der Waals surface area contributed by atoms with Crippen molar-refractivity contribution in [3.63, 3.8) is 0 Å². The van der Waals surface area contributed by atoms with Crippen LogP contribution in [0.25, 0.3) is 66.3 Å². The maximum Gasteiger partial charge on any atom is 0.216 e. The number of allylic oxidation sites excluding steroid dienone is 2. The number of benzene rings is 4. The average Bonchev–Trinajstić information content (AvgIpc) is 3.60. The number of nitrogens with zero attached hydrogens (tertiary/aromatic N) is 3. The summed E-state index contributed by atoms with van der Waals surface area (Å²) in [5, 5.41) is 15.5. The van der Waals surface area contributed by atoms with E-state index in [1.807, 2.05) is 78.8 Å². The van der Waals surface area contributed by atoms with Gasteiger partial charge >= 0.3 is 0 Å². The summed E-state index contributed by atoms with van der Waals surface area (Å²) in [6, 6.07) is 30.8. The van der Waals surface area contributed by atoms with Crippen molar-refractivity contribution in [2.45, 2.75) is 114 Å². The number of carbonyl (C=O) groups excluding carboxylic acids is 1. The van der Waals surface area contributed by atoms with Crippen LogP contribution in [-0.4, -0.2) is 25.8 Å². The van der Waals surface area contributed by atoms with Crippen LogP contribution in [0.5, 0.6) is 0 Å². The van der Waals surface area contributed by atoms with Gasteiger partial charge in [-0.1, -0.05) is 135 Å². The third-order valence-electron chi connectivity index (χ3n) is 12.4. The Morgan fingerprint density at radius 1 is 0.793 bits per heavy atom. The van der Waals surface area contributed by atoms with Crippen molar-refractivity contribution in [1.29, 1.82) is 0 Å². The van der Waals surface area contributed by atoms with Crippen molar-refractivity contribution in [1.82, 2.24) is 15.0 Å². The molecule has 0 aliphatic carbocycles. The van der Waals surface area contributed by atoms with E-state index < -0.39 is 0 Å². The molecule has 305 valence electrons. The SMILES string of the molecule is CCC(C)(CC)C(=O)/C=C(\O)C(C)(CC)CC.Cc1nc(-c2[c-]ccc3c2oc2nc(-c4ccccc4)ccc23)c2ccc3cc(C(C)C)cc(C(C)C)c3c2n1.[Ir]. The minimum absolute atomic E-state index is 0. The molecular formula is C51H58IrN3O3-. The fourth-order valence-corrected chi connectivity index (χ4v) is 7.45. The quantitative estimate of drug-likeness (QED) is 0.0601. The number of aliphatic hydroxyl groups is 1. The van der Waals surface area contributed by atoms with Crippen molar-refractivity contribution in [2.24, 2.45) is 10.8 Å². The Labute approximate surface area is 358 Å². The molecule has 0 atom stereocenters. The van der Waals surface area contributed by atoms with E-state index in [2.05, 4.69) is 82.3 Å². The molecule has 0 saturated heterocycles. The first kappa shape index (κ1) is 44.4. The van der Waals surface area contributed by atoms with Crippen LogP contribution in [-0.2, 0) is 24.9 Å². The summed E-state index contributed by atoms with van der Waals surface area (Å²) in [4.78, 5) is 27.0. The first-order chi connectivity index (χ1) is 27.2. The number of pyridine rings is 1. The number of hydrogen-bond donors (Lipinski definition) is 1. The summed E-state index contributed by atoms with van der Waals surface area (Å²) in [5.74, 6) is 1.83. The van der Waals surface area contributed by atoms with Gasteiger partial charge in [-0.05, 0) is 78.5 Å². The van der Waals surface area contributed by atoms with Crippen molar-refractivity contribution < 1.29 is 34.4 Å². The molecule has 7 heteroatoms. The zero-order chi connectivity index (χ0) is 41.2. The average molecular weight is 953 g/mol. The summed E-state index contributed by atoms with van der Waals surface area (Å²) in [6.07, 6.45) is 4.75. The van der Waals surface area contributed by atoms with Gasteiger partial charge in [-0.3, -0.25) is 9.78 Å². The predicted molar refractivity (Wildman–Crippen MR) is 238 cm³/mol. The molecule has 0 aliphatic rings. The molecule has 0 unspecified atom stereocenters. The predicted octanol–water partition coefficient (Wildman–Crippen LogP) is 14.4. The monoisotopic (exact) mass is 953 g/mol. The van der Waals surface area contributed by atoms with E-state index in [0.29, 0.717) is 17.5 Å². The van der Waals surface area contributed by atoms with Crippen LogP contribution in [0.3, 0.4) is 0 Å². The summed E-state index contributed by atoms with van der Waals surface area (Å²) < 4.78 is 6.48. The maximum atomic E-state index is 12.2. The van der Waals surface area contributed by atoms with Gasteiger partial charge in [0, 0.05) is 59.0 Å². The van der Waals surface area contributed by atoms with Gasteiger partial charge in [0.2, 0.25) is 5.71 Å². The number of aliphatic hydroxyl groups excluding tert-OH is 1. The molecule has 0 fully saturated rings. The van der Waals surface area contributed by atoms with E-state index in [4.69, 9.17) is 19.4 Å². The van der Waals surface area contributed by atoms with Crippen LogP contribution >= 0.6 is 0 Å². The second-order valence-electron chi connectivity index (χ2n) is 16.6. The number of hydrogen-bond acceptors (Lipinski definition) is 6. The minimum Gasteiger partial charge on any atom is -0.512 e. The molecule has 0 bridgehead atoms. The molecule has 3 aromatic heterocycles. The fraction of sp³-hybridized carbons (Fsp3) is 0.373. The Morgan fingerprint density at radius 3 is 2.07 bits per heavy atom. The van der Waals surface area contributed by atoms with E-state index in [1.165, 1.54) is 28.0 Å². The van der Waals surface area contributed by atoms with Crippen molar-refractivity contribution >= 4 is 49.5 Å². The second kappa shape index (κ2) is 18.1. The van der Waals surface area contributed by atoms with Gasteiger partial charge in [0.25, 0.3) is 0 Å². The van der Waals surface area contributed by atoms with Gasteiger partial charge in [0.1, 0.15) is 11.6 Å². The molecule has 0 aliphatic heterocycles. The Morgan fingerprint density at radius 2 is 1.45 bits per heavy atom. The van der Waals surface area contributed by atoms with Gasteiger partial charge in [-0.15, -0.1) is 18.2 Å². The summed E-state index contributed by atoms with van der Waals surface area (Å²) in [7, 11) is 0. The number of fused-ring (bicyclic) bond motifs is 6. The summed E-state index contributed by atoms with van der Waals surface area (Å²) in [6.45, 7) is 23.1. The second-order valence-corrected chi connectivity index (χ2v) is 16.6. The Kier molecular flexibility index (Phi) is 13.8. The van der Waals surface area contributed by atoms with Crippen LogP contribution in [0.1, 0.15) is 124 Å². The molecule has 0 spiro atoms.